The number of hydrogen-bond acceptors (Lipinski definition) is 3. The van der Waals surface area contributed by atoms with Crippen LogP contribution in [0, 0.1) is 6.92 Å². The molecule has 3 aromatic rings. The Balaban J connectivity index is 1.99. The summed E-state index contributed by atoms with van der Waals surface area (Å²) in [6, 6.07) is 14.9. The number of alkyl halides is 3. The third-order valence-electron chi connectivity index (χ3n) is 4.72. The highest BCUT2D eigenvalue weighted by Crippen LogP contribution is 2.43. The maximum Gasteiger partial charge on any atom is 0.426 e. The average molecular weight is 446 g/mol. The van der Waals surface area contributed by atoms with Crippen LogP contribution in [0.3, 0.4) is 0 Å². The summed E-state index contributed by atoms with van der Waals surface area (Å²) in [5, 5.41) is 0. The Labute approximate surface area is 182 Å². The average Bonchev–Trinajstić information content (AvgIpc) is 3.16. The SMILES string of the molecule is Cc1c(CN(C)C)cccc1C(N)=NC(=O)c1cc(-c2ccccc2)c(C(F)(F)F)s1. The van der Waals surface area contributed by atoms with Crippen molar-refractivity contribution in [3.63, 3.8) is 0 Å². The zero-order valence-corrected chi connectivity index (χ0v) is 18.1. The van der Waals surface area contributed by atoms with Gasteiger partial charge >= 0.3 is 6.18 Å². The van der Waals surface area contributed by atoms with Crippen LogP contribution >= 0.6 is 11.3 Å². The first-order valence-corrected chi connectivity index (χ1v) is 10.3. The topological polar surface area (TPSA) is 58.7 Å². The van der Waals surface area contributed by atoms with Gasteiger partial charge in [0.05, 0.1) is 4.88 Å². The van der Waals surface area contributed by atoms with E-state index in [2.05, 4.69) is 4.99 Å². The van der Waals surface area contributed by atoms with Crippen LogP contribution in [0.2, 0.25) is 0 Å². The molecular formula is C23H22F3N3OS. The molecule has 0 radical (unpaired) electrons. The number of rotatable bonds is 5. The molecular weight excluding hydrogens is 423 g/mol. The second-order valence-electron chi connectivity index (χ2n) is 7.35. The van der Waals surface area contributed by atoms with E-state index in [1.165, 1.54) is 6.07 Å². The van der Waals surface area contributed by atoms with Gasteiger partial charge in [-0.2, -0.15) is 18.2 Å². The summed E-state index contributed by atoms with van der Waals surface area (Å²) in [7, 11) is 3.87. The van der Waals surface area contributed by atoms with Gasteiger partial charge in [0.25, 0.3) is 5.91 Å². The van der Waals surface area contributed by atoms with Crippen molar-refractivity contribution < 1.29 is 18.0 Å². The lowest BCUT2D eigenvalue weighted by atomic mass is 10.0. The number of halogens is 3. The molecule has 0 spiro atoms. The lowest BCUT2D eigenvalue weighted by molar-refractivity contribution is -0.133. The summed E-state index contributed by atoms with van der Waals surface area (Å²) in [6.45, 7) is 2.56. The standard InChI is InChI=1S/C23H22F3N3OS/c1-14-16(13-29(2)3)10-7-11-17(14)21(27)28-22(30)19-12-18(15-8-5-4-6-9-15)20(31-19)23(24,25)26/h4-12H,13H2,1-3H3,(H2,27,28,30). The predicted molar refractivity (Wildman–Crippen MR) is 118 cm³/mol. The van der Waals surface area contributed by atoms with E-state index >= 15 is 0 Å². The van der Waals surface area contributed by atoms with Gasteiger partial charge in [-0.3, -0.25) is 4.79 Å². The van der Waals surface area contributed by atoms with E-state index in [0.717, 1.165) is 11.1 Å². The van der Waals surface area contributed by atoms with E-state index in [9.17, 15) is 18.0 Å². The smallest absolute Gasteiger partial charge is 0.383 e. The van der Waals surface area contributed by atoms with Crippen LogP contribution in [-0.4, -0.2) is 30.7 Å². The molecule has 3 rings (SSSR count). The molecule has 0 aliphatic rings. The zero-order valence-electron chi connectivity index (χ0n) is 17.3. The molecule has 31 heavy (non-hydrogen) atoms. The number of aliphatic imine (C=N–C) groups is 1. The van der Waals surface area contributed by atoms with Gasteiger partial charge in [-0.05, 0) is 43.8 Å². The highest BCUT2D eigenvalue weighted by molar-refractivity contribution is 7.14. The Morgan fingerprint density at radius 2 is 1.77 bits per heavy atom. The lowest BCUT2D eigenvalue weighted by Gasteiger charge is -2.14. The van der Waals surface area contributed by atoms with Crippen LogP contribution in [-0.2, 0) is 12.7 Å². The van der Waals surface area contributed by atoms with Crippen LogP contribution < -0.4 is 5.73 Å². The van der Waals surface area contributed by atoms with Crippen LogP contribution in [0.5, 0.6) is 0 Å². The van der Waals surface area contributed by atoms with Crippen LogP contribution in [0.1, 0.15) is 31.2 Å². The quantitative estimate of drug-likeness (QED) is 0.425. The van der Waals surface area contributed by atoms with Crippen molar-refractivity contribution in [2.75, 3.05) is 14.1 Å². The number of amides is 1. The van der Waals surface area contributed by atoms with Crippen molar-refractivity contribution in [3.05, 3.63) is 81.0 Å². The fourth-order valence-corrected chi connectivity index (χ4v) is 4.17. The van der Waals surface area contributed by atoms with E-state index in [0.29, 0.717) is 29.0 Å². The Morgan fingerprint density at radius 3 is 2.39 bits per heavy atom. The van der Waals surface area contributed by atoms with Crippen LogP contribution in [0.15, 0.2) is 59.6 Å². The second kappa shape index (κ2) is 9.03. The normalized spacial score (nSPS) is 12.4. The summed E-state index contributed by atoms with van der Waals surface area (Å²) in [6.07, 6.45) is -4.58. The Bertz CT molecular complexity index is 1120. The van der Waals surface area contributed by atoms with Crippen molar-refractivity contribution in [2.24, 2.45) is 10.7 Å². The molecule has 162 valence electrons. The van der Waals surface area contributed by atoms with Gasteiger partial charge < -0.3 is 10.6 Å². The van der Waals surface area contributed by atoms with E-state index < -0.39 is 17.0 Å². The molecule has 0 bridgehead atoms. The molecule has 0 aliphatic heterocycles. The first kappa shape index (κ1) is 22.7. The molecule has 0 aliphatic carbocycles. The highest BCUT2D eigenvalue weighted by atomic mass is 32.1. The van der Waals surface area contributed by atoms with Gasteiger partial charge in [-0.15, -0.1) is 11.3 Å². The fraction of sp³-hybridized carbons (Fsp3) is 0.217. The molecule has 2 aromatic carbocycles. The lowest BCUT2D eigenvalue weighted by Crippen LogP contribution is -2.19. The van der Waals surface area contributed by atoms with Gasteiger partial charge in [0.15, 0.2) is 0 Å². The Morgan fingerprint density at radius 1 is 1.10 bits per heavy atom. The summed E-state index contributed by atoms with van der Waals surface area (Å²) in [4.78, 5) is 17.7. The second-order valence-corrected chi connectivity index (χ2v) is 8.40. The summed E-state index contributed by atoms with van der Waals surface area (Å²) in [5.74, 6) is -0.820. The first-order valence-electron chi connectivity index (χ1n) is 9.46. The number of nitrogens with two attached hydrogens (primary N) is 1. The third kappa shape index (κ3) is 5.21. The molecule has 0 saturated heterocycles. The number of benzene rings is 2. The molecule has 2 N–H and O–H groups in total. The summed E-state index contributed by atoms with van der Waals surface area (Å²) < 4.78 is 40.7. The largest absolute Gasteiger partial charge is 0.426 e. The van der Waals surface area contributed by atoms with Crippen molar-refractivity contribution in [2.45, 2.75) is 19.6 Å². The molecule has 1 amide bonds. The molecule has 0 fully saturated rings. The van der Waals surface area contributed by atoms with Crippen molar-refractivity contribution in [3.8, 4) is 11.1 Å². The molecule has 0 atom stereocenters. The van der Waals surface area contributed by atoms with Crippen molar-refractivity contribution in [1.29, 1.82) is 0 Å². The van der Waals surface area contributed by atoms with Crippen molar-refractivity contribution >= 4 is 23.1 Å². The third-order valence-corrected chi connectivity index (χ3v) is 5.88. The maximum atomic E-state index is 13.6. The number of thiophene rings is 1. The monoisotopic (exact) mass is 445 g/mol. The van der Waals surface area contributed by atoms with Gasteiger partial charge in [0, 0.05) is 17.7 Å². The molecule has 1 heterocycles. The number of nitrogens with zero attached hydrogens (tertiary/aromatic N) is 2. The van der Waals surface area contributed by atoms with Gasteiger partial charge in [-0.25, -0.2) is 0 Å². The molecule has 0 saturated carbocycles. The Hall–Kier alpha value is -2.97. The molecule has 1 aromatic heterocycles. The molecule has 4 nitrogen and oxygen atoms in total. The minimum Gasteiger partial charge on any atom is -0.383 e. The van der Waals surface area contributed by atoms with Crippen LogP contribution in [0.4, 0.5) is 13.2 Å². The number of hydrogen-bond donors (Lipinski definition) is 1. The van der Waals surface area contributed by atoms with Crippen LogP contribution in [0.25, 0.3) is 11.1 Å². The van der Waals surface area contributed by atoms with E-state index in [1.54, 1.807) is 36.4 Å². The molecule has 8 heteroatoms. The van der Waals surface area contributed by atoms with Gasteiger partial charge in [-0.1, -0.05) is 48.5 Å². The maximum absolute atomic E-state index is 13.6. The minimum atomic E-state index is -4.58. The van der Waals surface area contributed by atoms with Gasteiger partial charge in [0.2, 0.25) is 0 Å². The van der Waals surface area contributed by atoms with E-state index in [4.69, 9.17) is 5.73 Å². The summed E-state index contributed by atoms with van der Waals surface area (Å²) >= 11 is 0.378. The van der Waals surface area contributed by atoms with E-state index in [1.807, 2.05) is 38.1 Å². The van der Waals surface area contributed by atoms with Crippen molar-refractivity contribution in [1.82, 2.24) is 4.90 Å². The molecule has 0 unspecified atom stereocenters. The summed E-state index contributed by atoms with van der Waals surface area (Å²) in [5.41, 5.74) is 8.90. The first-order chi connectivity index (χ1) is 14.6. The number of carbonyl (C=O) groups is 1. The predicted octanol–water partition coefficient (Wildman–Crippen LogP) is 5.35. The zero-order chi connectivity index (χ0) is 22.8. The highest BCUT2D eigenvalue weighted by Gasteiger charge is 2.37. The number of amidine groups is 1. The minimum absolute atomic E-state index is 0.0219. The van der Waals surface area contributed by atoms with Gasteiger partial charge in [0.1, 0.15) is 10.7 Å². The number of carbonyl (C=O) groups excluding carboxylic acids is 1. The Kier molecular flexibility index (Phi) is 6.62. The fourth-order valence-electron chi connectivity index (χ4n) is 3.24. The van der Waals surface area contributed by atoms with E-state index in [-0.39, 0.29) is 16.3 Å².